The largest absolute Gasteiger partial charge is 0.365 e. The number of nitrogens with zero attached hydrogens (tertiary/aromatic N) is 3. The van der Waals surface area contributed by atoms with Gasteiger partial charge in [0, 0.05) is 13.1 Å². The fourth-order valence-electron chi connectivity index (χ4n) is 1.40. The van der Waals surface area contributed by atoms with Crippen molar-refractivity contribution in [3.63, 3.8) is 0 Å². The van der Waals surface area contributed by atoms with Crippen molar-refractivity contribution in [2.24, 2.45) is 0 Å². The average Bonchev–Trinajstić information content (AvgIpc) is 2.41. The van der Waals surface area contributed by atoms with Gasteiger partial charge in [0.1, 0.15) is 11.5 Å². The van der Waals surface area contributed by atoms with Crippen LogP contribution in [0.4, 0.5) is 5.82 Å². The Bertz CT molecular complexity index is 402. The lowest BCUT2D eigenvalue weighted by atomic mass is 10.3. The minimum absolute atomic E-state index is 0.193. The molecule has 2 N–H and O–H groups in total. The molecule has 0 aliphatic heterocycles. The summed E-state index contributed by atoms with van der Waals surface area (Å²) in [6.07, 6.45) is 5.64. The summed E-state index contributed by atoms with van der Waals surface area (Å²) in [7, 11) is 4.00. The van der Waals surface area contributed by atoms with E-state index in [1.165, 1.54) is 12.4 Å². The van der Waals surface area contributed by atoms with Gasteiger partial charge < -0.3 is 15.5 Å². The Hall–Kier alpha value is -1.95. The summed E-state index contributed by atoms with van der Waals surface area (Å²) < 4.78 is 0. The summed E-state index contributed by atoms with van der Waals surface area (Å²) in [4.78, 5) is 22.0. The molecule has 0 atom stereocenters. The average molecular weight is 263 g/mol. The first-order valence-corrected chi connectivity index (χ1v) is 6.23. The molecule has 104 valence electrons. The molecule has 1 aromatic heterocycles. The van der Waals surface area contributed by atoms with Crippen molar-refractivity contribution in [3.05, 3.63) is 30.7 Å². The molecule has 6 heteroatoms. The van der Waals surface area contributed by atoms with Gasteiger partial charge in [0.15, 0.2) is 0 Å². The minimum Gasteiger partial charge on any atom is -0.365 e. The number of anilines is 1. The number of hydrogen-bond acceptors (Lipinski definition) is 5. The lowest BCUT2D eigenvalue weighted by Gasteiger charge is -2.09. The second kappa shape index (κ2) is 8.20. The molecule has 0 radical (unpaired) electrons. The monoisotopic (exact) mass is 263 g/mol. The summed E-state index contributed by atoms with van der Waals surface area (Å²) >= 11 is 0. The molecule has 0 bridgehead atoms. The van der Waals surface area contributed by atoms with Gasteiger partial charge in [-0.2, -0.15) is 0 Å². The van der Waals surface area contributed by atoms with Crippen LogP contribution in [0.2, 0.25) is 0 Å². The third-order valence-electron chi connectivity index (χ3n) is 2.38. The van der Waals surface area contributed by atoms with Gasteiger partial charge in [0.2, 0.25) is 0 Å². The highest BCUT2D eigenvalue weighted by atomic mass is 16.1. The molecular weight excluding hydrogens is 242 g/mol. The predicted molar refractivity (Wildman–Crippen MR) is 76.2 cm³/mol. The summed E-state index contributed by atoms with van der Waals surface area (Å²) in [6, 6.07) is 0. The summed E-state index contributed by atoms with van der Waals surface area (Å²) in [5.41, 5.74) is 0.328. The van der Waals surface area contributed by atoms with Crippen molar-refractivity contribution in [1.29, 1.82) is 0 Å². The SMILES string of the molecule is C=CCNc1cnc(C(=O)NCCCN(C)C)cn1. The van der Waals surface area contributed by atoms with Crippen molar-refractivity contribution < 1.29 is 4.79 Å². The van der Waals surface area contributed by atoms with Crippen molar-refractivity contribution in [2.75, 3.05) is 39.0 Å². The van der Waals surface area contributed by atoms with Crippen LogP contribution in [0.3, 0.4) is 0 Å². The zero-order chi connectivity index (χ0) is 14.1. The summed E-state index contributed by atoms with van der Waals surface area (Å²) in [5.74, 6) is 0.436. The van der Waals surface area contributed by atoms with Crippen LogP contribution in [0.1, 0.15) is 16.9 Å². The third-order valence-corrected chi connectivity index (χ3v) is 2.38. The van der Waals surface area contributed by atoms with Crippen LogP contribution >= 0.6 is 0 Å². The fraction of sp³-hybridized carbons (Fsp3) is 0.462. The van der Waals surface area contributed by atoms with Gasteiger partial charge >= 0.3 is 0 Å². The maximum atomic E-state index is 11.8. The van der Waals surface area contributed by atoms with Crippen LogP contribution in [0.25, 0.3) is 0 Å². The Morgan fingerprint density at radius 2 is 2.21 bits per heavy atom. The second-order valence-electron chi connectivity index (χ2n) is 4.37. The van der Waals surface area contributed by atoms with E-state index >= 15 is 0 Å². The van der Waals surface area contributed by atoms with Crippen LogP contribution in [0, 0.1) is 0 Å². The van der Waals surface area contributed by atoms with Crippen LogP contribution in [-0.2, 0) is 0 Å². The van der Waals surface area contributed by atoms with Gasteiger partial charge in [-0.15, -0.1) is 6.58 Å². The molecule has 0 aromatic carbocycles. The van der Waals surface area contributed by atoms with Crippen molar-refractivity contribution >= 4 is 11.7 Å². The van der Waals surface area contributed by atoms with Crippen molar-refractivity contribution in [1.82, 2.24) is 20.2 Å². The lowest BCUT2D eigenvalue weighted by molar-refractivity contribution is 0.0947. The van der Waals surface area contributed by atoms with Gasteiger partial charge in [0.05, 0.1) is 12.4 Å². The highest BCUT2D eigenvalue weighted by molar-refractivity contribution is 5.91. The van der Waals surface area contributed by atoms with Gasteiger partial charge in [-0.25, -0.2) is 9.97 Å². The number of rotatable bonds is 8. The highest BCUT2D eigenvalue weighted by Crippen LogP contribution is 2.00. The number of carbonyl (C=O) groups is 1. The second-order valence-corrected chi connectivity index (χ2v) is 4.37. The Morgan fingerprint density at radius 1 is 1.42 bits per heavy atom. The molecule has 0 unspecified atom stereocenters. The van der Waals surface area contributed by atoms with Gasteiger partial charge in [-0.3, -0.25) is 4.79 Å². The molecule has 1 rings (SSSR count). The molecular formula is C13H21N5O. The lowest BCUT2D eigenvalue weighted by Crippen LogP contribution is -2.27. The van der Waals surface area contributed by atoms with Crippen molar-refractivity contribution in [2.45, 2.75) is 6.42 Å². The van der Waals surface area contributed by atoms with Gasteiger partial charge in [-0.05, 0) is 27.1 Å². The minimum atomic E-state index is -0.193. The van der Waals surface area contributed by atoms with Crippen molar-refractivity contribution in [3.8, 4) is 0 Å². The molecule has 19 heavy (non-hydrogen) atoms. The fourth-order valence-corrected chi connectivity index (χ4v) is 1.40. The van der Waals surface area contributed by atoms with E-state index in [0.29, 0.717) is 24.6 Å². The first-order chi connectivity index (χ1) is 9.13. The molecule has 0 saturated heterocycles. The maximum absolute atomic E-state index is 11.8. The zero-order valence-electron chi connectivity index (χ0n) is 11.5. The first kappa shape index (κ1) is 15.1. The zero-order valence-corrected chi connectivity index (χ0v) is 11.5. The number of hydrogen-bond donors (Lipinski definition) is 2. The van der Waals surface area contributed by atoms with Crippen LogP contribution in [0.15, 0.2) is 25.0 Å². The Labute approximate surface area is 113 Å². The molecule has 0 aliphatic rings. The van der Waals surface area contributed by atoms with Gasteiger partial charge in [0.25, 0.3) is 5.91 Å². The topological polar surface area (TPSA) is 70.2 Å². The molecule has 1 heterocycles. The van der Waals surface area contributed by atoms with Crippen LogP contribution in [-0.4, -0.2) is 54.5 Å². The number of carbonyl (C=O) groups excluding carboxylic acids is 1. The molecule has 0 aliphatic carbocycles. The highest BCUT2D eigenvalue weighted by Gasteiger charge is 2.06. The normalized spacial score (nSPS) is 10.3. The maximum Gasteiger partial charge on any atom is 0.271 e. The van der Waals surface area contributed by atoms with E-state index < -0.39 is 0 Å². The molecule has 6 nitrogen and oxygen atoms in total. The molecule has 0 fully saturated rings. The molecule has 0 spiro atoms. The van der Waals surface area contributed by atoms with Gasteiger partial charge in [-0.1, -0.05) is 6.08 Å². The Morgan fingerprint density at radius 3 is 2.79 bits per heavy atom. The van der Waals surface area contributed by atoms with E-state index in [-0.39, 0.29) is 5.91 Å². The summed E-state index contributed by atoms with van der Waals surface area (Å²) in [5, 5.41) is 5.81. The van der Waals surface area contributed by atoms with E-state index in [0.717, 1.165) is 13.0 Å². The number of aromatic nitrogens is 2. The number of nitrogens with one attached hydrogen (secondary N) is 2. The quantitative estimate of drug-likeness (QED) is 0.535. The van der Waals surface area contributed by atoms with E-state index in [2.05, 4.69) is 32.1 Å². The Kier molecular flexibility index (Phi) is 6.52. The predicted octanol–water partition coefficient (Wildman–Crippen LogP) is 0.756. The smallest absolute Gasteiger partial charge is 0.271 e. The van der Waals surface area contributed by atoms with E-state index in [1.807, 2.05) is 14.1 Å². The Balaban J connectivity index is 2.37. The summed E-state index contributed by atoms with van der Waals surface area (Å²) in [6.45, 7) is 5.79. The van der Waals surface area contributed by atoms with Crippen LogP contribution < -0.4 is 10.6 Å². The molecule has 0 saturated carbocycles. The first-order valence-electron chi connectivity index (χ1n) is 6.23. The van der Waals surface area contributed by atoms with Crippen LogP contribution in [0.5, 0.6) is 0 Å². The number of amides is 1. The van der Waals surface area contributed by atoms with E-state index in [4.69, 9.17) is 0 Å². The molecule has 1 amide bonds. The molecule has 1 aromatic rings. The van der Waals surface area contributed by atoms with E-state index in [1.54, 1.807) is 6.08 Å². The standard InChI is InChI=1S/C13H21N5O/c1-4-6-14-12-10-16-11(9-17-12)13(19)15-7-5-8-18(2)3/h4,9-10H,1,5-8H2,2-3H3,(H,14,17)(H,15,19). The van der Waals surface area contributed by atoms with E-state index in [9.17, 15) is 4.79 Å². The third kappa shape index (κ3) is 5.96.